The second-order valence-electron chi connectivity index (χ2n) is 9.53. The fraction of sp³-hybridized carbons (Fsp3) is 0.385. The number of pyridine rings is 1. The first-order chi connectivity index (χ1) is 18.0. The van der Waals surface area contributed by atoms with Crippen LogP contribution in [0.2, 0.25) is 0 Å². The van der Waals surface area contributed by atoms with Gasteiger partial charge in [0.15, 0.2) is 0 Å². The number of hydrogen-bond acceptors (Lipinski definition) is 6. The number of rotatable bonds is 11. The number of allylic oxidation sites excluding steroid dienone is 1. The van der Waals surface area contributed by atoms with E-state index in [-0.39, 0.29) is 31.0 Å². The molecule has 3 rings (SSSR count). The normalized spacial score (nSPS) is 12.1. The van der Waals surface area contributed by atoms with Gasteiger partial charge in [0.25, 0.3) is 5.56 Å². The SMILES string of the molecule is CC(C)Cc1ncnc2cc(Cn3cccc(NC(=O)C(CC/C=C/C(=O)N(C)C)NC(=O)O)c3=O)[nH]c12. The summed E-state index contributed by atoms with van der Waals surface area (Å²) in [6.07, 6.45) is 5.84. The Morgan fingerprint density at radius 2 is 2.00 bits per heavy atom. The molecule has 0 bridgehead atoms. The van der Waals surface area contributed by atoms with Crippen molar-refractivity contribution in [3.63, 3.8) is 0 Å². The van der Waals surface area contributed by atoms with Gasteiger partial charge in [-0.2, -0.15) is 0 Å². The Kier molecular flexibility index (Phi) is 9.36. The first-order valence-electron chi connectivity index (χ1n) is 12.2. The highest BCUT2D eigenvalue weighted by atomic mass is 16.4. The Balaban J connectivity index is 1.74. The molecule has 38 heavy (non-hydrogen) atoms. The first kappa shape index (κ1) is 28.1. The summed E-state index contributed by atoms with van der Waals surface area (Å²) >= 11 is 0. The summed E-state index contributed by atoms with van der Waals surface area (Å²) in [5.41, 5.74) is 2.82. The molecular weight excluding hydrogens is 490 g/mol. The van der Waals surface area contributed by atoms with E-state index in [0.717, 1.165) is 28.8 Å². The number of carbonyl (C=O) groups is 3. The summed E-state index contributed by atoms with van der Waals surface area (Å²) in [7, 11) is 3.22. The molecule has 1 unspecified atom stereocenters. The lowest BCUT2D eigenvalue weighted by Gasteiger charge is -2.16. The lowest BCUT2D eigenvalue weighted by molar-refractivity contribution is -0.123. The van der Waals surface area contributed by atoms with Crippen LogP contribution in [0.15, 0.2) is 47.7 Å². The quantitative estimate of drug-likeness (QED) is 0.280. The van der Waals surface area contributed by atoms with Crippen LogP contribution in [0.3, 0.4) is 0 Å². The van der Waals surface area contributed by atoms with Crippen LogP contribution in [0.5, 0.6) is 0 Å². The molecule has 12 heteroatoms. The lowest BCUT2D eigenvalue weighted by Crippen LogP contribution is -2.44. The minimum Gasteiger partial charge on any atom is -0.465 e. The maximum absolute atomic E-state index is 13.1. The van der Waals surface area contributed by atoms with Crippen LogP contribution in [0.4, 0.5) is 10.5 Å². The number of carbonyl (C=O) groups excluding carboxylic acids is 2. The van der Waals surface area contributed by atoms with E-state index in [2.05, 4.69) is 39.4 Å². The number of nitrogens with one attached hydrogen (secondary N) is 3. The molecule has 0 aliphatic carbocycles. The summed E-state index contributed by atoms with van der Waals surface area (Å²) in [6.45, 7) is 4.43. The zero-order chi connectivity index (χ0) is 27.8. The molecule has 3 amide bonds. The van der Waals surface area contributed by atoms with Gasteiger partial charge >= 0.3 is 6.09 Å². The predicted octanol–water partition coefficient (Wildman–Crippen LogP) is 2.37. The molecule has 0 saturated heterocycles. The summed E-state index contributed by atoms with van der Waals surface area (Å²) in [6, 6.07) is 3.83. The lowest BCUT2D eigenvalue weighted by atomic mass is 10.1. The van der Waals surface area contributed by atoms with Crippen molar-refractivity contribution in [2.75, 3.05) is 19.4 Å². The molecule has 0 aliphatic rings. The van der Waals surface area contributed by atoms with Gasteiger partial charge < -0.3 is 30.2 Å². The minimum absolute atomic E-state index is 0.0180. The third-order valence-electron chi connectivity index (χ3n) is 5.71. The molecular formula is C26H33N7O5. The number of aromatic nitrogens is 4. The number of fused-ring (bicyclic) bond motifs is 1. The van der Waals surface area contributed by atoms with E-state index in [1.54, 1.807) is 32.4 Å². The molecule has 0 aromatic carbocycles. The highest BCUT2D eigenvalue weighted by Gasteiger charge is 2.21. The van der Waals surface area contributed by atoms with Crippen molar-refractivity contribution in [2.45, 2.75) is 45.7 Å². The van der Waals surface area contributed by atoms with Gasteiger partial charge in [0, 0.05) is 26.0 Å². The van der Waals surface area contributed by atoms with Gasteiger partial charge in [-0.25, -0.2) is 14.8 Å². The smallest absolute Gasteiger partial charge is 0.405 e. The second kappa shape index (κ2) is 12.7. The third kappa shape index (κ3) is 7.51. The van der Waals surface area contributed by atoms with Crippen LogP contribution in [0.25, 0.3) is 11.0 Å². The number of likely N-dealkylation sites (N-methyl/N-ethyl adjacent to an activating group) is 1. The number of aromatic amines is 1. The van der Waals surface area contributed by atoms with Crippen LogP contribution in [-0.4, -0.2) is 67.6 Å². The molecule has 12 nitrogen and oxygen atoms in total. The van der Waals surface area contributed by atoms with Gasteiger partial charge in [-0.3, -0.25) is 14.4 Å². The van der Waals surface area contributed by atoms with E-state index in [9.17, 15) is 19.2 Å². The number of carboxylic acid groups (broad SMARTS) is 1. The number of amides is 3. The highest BCUT2D eigenvalue weighted by Crippen LogP contribution is 2.19. The number of H-pyrrole nitrogens is 1. The van der Waals surface area contributed by atoms with Crippen molar-refractivity contribution < 1.29 is 19.5 Å². The maximum atomic E-state index is 13.1. The molecule has 0 spiro atoms. The average Bonchev–Trinajstić information content (AvgIpc) is 3.26. The van der Waals surface area contributed by atoms with E-state index in [1.807, 2.05) is 6.07 Å². The van der Waals surface area contributed by atoms with Crippen molar-refractivity contribution in [2.24, 2.45) is 5.92 Å². The van der Waals surface area contributed by atoms with Crippen LogP contribution in [0.1, 0.15) is 38.1 Å². The molecule has 4 N–H and O–H groups in total. The number of hydrogen-bond donors (Lipinski definition) is 4. The van der Waals surface area contributed by atoms with Crippen LogP contribution >= 0.6 is 0 Å². The molecule has 3 aromatic heterocycles. The summed E-state index contributed by atoms with van der Waals surface area (Å²) < 4.78 is 1.44. The molecule has 3 aromatic rings. The van der Waals surface area contributed by atoms with E-state index in [1.165, 1.54) is 27.9 Å². The predicted molar refractivity (Wildman–Crippen MR) is 143 cm³/mol. The van der Waals surface area contributed by atoms with Gasteiger partial charge in [-0.1, -0.05) is 19.9 Å². The molecule has 0 fully saturated rings. The van der Waals surface area contributed by atoms with Gasteiger partial charge in [0.1, 0.15) is 18.1 Å². The number of nitrogens with zero attached hydrogens (tertiary/aromatic N) is 4. The Morgan fingerprint density at radius 3 is 2.68 bits per heavy atom. The minimum atomic E-state index is -1.37. The van der Waals surface area contributed by atoms with Gasteiger partial charge in [0.2, 0.25) is 11.8 Å². The summed E-state index contributed by atoms with van der Waals surface area (Å²) in [5.74, 6) is -0.479. The Morgan fingerprint density at radius 1 is 1.24 bits per heavy atom. The molecule has 0 radical (unpaired) electrons. The fourth-order valence-corrected chi connectivity index (χ4v) is 3.85. The highest BCUT2D eigenvalue weighted by molar-refractivity contribution is 5.96. The van der Waals surface area contributed by atoms with Crippen LogP contribution < -0.4 is 16.2 Å². The molecule has 3 heterocycles. The maximum Gasteiger partial charge on any atom is 0.405 e. The monoisotopic (exact) mass is 523 g/mol. The van der Waals surface area contributed by atoms with Crippen molar-refractivity contribution in [1.29, 1.82) is 0 Å². The van der Waals surface area contributed by atoms with Crippen molar-refractivity contribution in [1.82, 2.24) is 29.7 Å². The average molecular weight is 524 g/mol. The van der Waals surface area contributed by atoms with Crippen molar-refractivity contribution in [3.05, 3.63) is 64.6 Å². The second-order valence-corrected chi connectivity index (χ2v) is 9.53. The standard InChI is InChI=1S/C26H33N7O5/c1-16(2)12-20-23-21(28-15-27-20)13-17(29-23)14-33-11-7-9-19(25(33)36)30-24(35)18(31-26(37)38)8-5-6-10-22(34)32(3)4/h6-7,9-11,13,15-16,18,29,31H,5,8,12,14H2,1-4H3,(H,30,35)(H,37,38)/b10-6+. The summed E-state index contributed by atoms with van der Waals surface area (Å²) in [5, 5.41) is 13.9. The van der Waals surface area contributed by atoms with Gasteiger partial charge in [0.05, 0.1) is 23.3 Å². The third-order valence-corrected chi connectivity index (χ3v) is 5.71. The fourth-order valence-electron chi connectivity index (χ4n) is 3.85. The zero-order valence-electron chi connectivity index (χ0n) is 21.9. The van der Waals surface area contributed by atoms with Crippen molar-refractivity contribution >= 4 is 34.6 Å². The zero-order valence-corrected chi connectivity index (χ0v) is 21.9. The van der Waals surface area contributed by atoms with E-state index in [0.29, 0.717) is 5.92 Å². The molecule has 0 aliphatic heterocycles. The first-order valence-corrected chi connectivity index (χ1v) is 12.2. The van der Waals surface area contributed by atoms with E-state index in [4.69, 9.17) is 5.11 Å². The van der Waals surface area contributed by atoms with Gasteiger partial charge in [-0.15, -0.1) is 0 Å². The Hall–Kier alpha value is -4.48. The van der Waals surface area contributed by atoms with E-state index < -0.39 is 23.6 Å². The van der Waals surface area contributed by atoms with Gasteiger partial charge in [-0.05, 0) is 49.5 Å². The molecule has 1 atom stereocenters. The van der Waals surface area contributed by atoms with E-state index >= 15 is 0 Å². The Bertz CT molecular complexity index is 1390. The molecule has 0 saturated carbocycles. The molecule has 202 valence electrons. The van der Waals surface area contributed by atoms with Crippen LogP contribution in [0, 0.1) is 5.92 Å². The number of anilines is 1. The topological polar surface area (TPSA) is 162 Å². The van der Waals surface area contributed by atoms with Crippen LogP contribution in [-0.2, 0) is 22.6 Å². The van der Waals surface area contributed by atoms with Crippen molar-refractivity contribution in [3.8, 4) is 0 Å². The summed E-state index contributed by atoms with van der Waals surface area (Å²) in [4.78, 5) is 62.2. The Labute approximate surface area is 219 Å². The largest absolute Gasteiger partial charge is 0.465 e.